The first kappa shape index (κ1) is 16.2. The Morgan fingerprint density at radius 2 is 2.08 bits per heavy atom. The Hall–Kier alpha value is -3.26. The largest absolute Gasteiger partial charge is 0.449 e. The van der Waals surface area contributed by atoms with Gasteiger partial charge in [0.25, 0.3) is 11.8 Å². The quantitative estimate of drug-likeness (QED) is 0.554. The highest BCUT2D eigenvalue weighted by Crippen LogP contribution is 2.26. The van der Waals surface area contributed by atoms with Gasteiger partial charge >= 0.3 is 5.97 Å². The molecule has 1 aromatic carbocycles. The third-order valence-electron chi connectivity index (χ3n) is 3.77. The molecule has 0 unspecified atom stereocenters. The summed E-state index contributed by atoms with van der Waals surface area (Å²) in [5.41, 5.74) is 0.382. The molecular formula is C18H13N3O4S. The average molecular weight is 367 g/mol. The van der Waals surface area contributed by atoms with Crippen molar-refractivity contribution in [3.63, 3.8) is 0 Å². The SMILES string of the molecule is C[C@H](OC(=O)c1cc(=O)[nH]c2ccccc12)c1nnc(-c2cccs2)o1. The number of H-pyrrole nitrogens is 1. The second kappa shape index (κ2) is 6.57. The summed E-state index contributed by atoms with van der Waals surface area (Å²) in [6, 6.07) is 12.0. The molecule has 0 bridgehead atoms. The Bertz CT molecular complexity index is 1130. The van der Waals surface area contributed by atoms with Crippen LogP contribution in [0.2, 0.25) is 0 Å². The van der Waals surface area contributed by atoms with E-state index in [1.807, 2.05) is 17.5 Å². The number of benzene rings is 1. The number of carbonyl (C=O) groups excluding carboxylic acids is 1. The molecule has 1 atom stereocenters. The summed E-state index contributed by atoms with van der Waals surface area (Å²) in [4.78, 5) is 27.9. The number of pyridine rings is 1. The highest BCUT2D eigenvalue weighted by Gasteiger charge is 2.21. The Morgan fingerprint density at radius 1 is 1.23 bits per heavy atom. The van der Waals surface area contributed by atoms with Gasteiger partial charge in [0.15, 0.2) is 6.10 Å². The summed E-state index contributed by atoms with van der Waals surface area (Å²) >= 11 is 1.47. The number of aromatic nitrogens is 3. The maximum atomic E-state index is 12.6. The van der Waals surface area contributed by atoms with Crippen LogP contribution in [0.4, 0.5) is 0 Å². The average Bonchev–Trinajstić information content (AvgIpc) is 3.32. The number of thiophene rings is 1. The van der Waals surface area contributed by atoms with E-state index in [2.05, 4.69) is 15.2 Å². The van der Waals surface area contributed by atoms with E-state index in [-0.39, 0.29) is 17.0 Å². The van der Waals surface area contributed by atoms with Gasteiger partial charge in [-0.05, 0) is 24.4 Å². The summed E-state index contributed by atoms with van der Waals surface area (Å²) in [6.07, 6.45) is -0.748. The number of carbonyl (C=O) groups is 1. The molecule has 8 heteroatoms. The summed E-state index contributed by atoms with van der Waals surface area (Å²) in [5.74, 6) is -0.0638. The Morgan fingerprint density at radius 3 is 2.88 bits per heavy atom. The summed E-state index contributed by atoms with van der Waals surface area (Å²) in [7, 11) is 0. The lowest BCUT2D eigenvalue weighted by Crippen LogP contribution is -2.14. The van der Waals surface area contributed by atoms with Gasteiger partial charge in [0.1, 0.15) is 0 Å². The van der Waals surface area contributed by atoms with Gasteiger partial charge in [0.05, 0.1) is 10.4 Å². The molecule has 1 N–H and O–H groups in total. The van der Waals surface area contributed by atoms with Gasteiger partial charge in [-0.15, -0.1) is 21.5 Å². The van der Waals surface area contributed by atoms with Gasteiger partial charge in [-0.3, -0.25) is 4.79 Å². The monoisotopic (exact) mass is 367 g/mol. The lowest BCUT2D eigenvalue weighted by molar-refractivity contribution is 0.0282. The number of esters is 1. The van der Waals surface area contributed by atoms with Crippen LogP contribution >= 0.6 is 11.3 Å². The molecule has 0 radical (unpaired) electrons. The topological polar surface area (TPSA) is 98.1 Å². The number of nitrogens with one attached hydrogen (secondary N) is 1. The zero-order valence-electron chi connectivity index (χ0n) is 13.6. The Kier molecular flexibility index (Phi) is 4.10. The predicted molar refractivity (Wildman–Crippen MR) is 96.0 cm³/mol. The van der Waals surface area contributed by atoms with Gasteiger partial charge < -0.3 is 14.1 Å². The molecule has 0 amide bonds. The van der Waals surface area contributed by atoms with Crippen LogP contribution in [0.15, 0.2) is 57.1 Å². The van der Waals surface area contributed by atoms with E-state index in [9.17, 15) is 9.59 Å². The van der Waals surface area contributed by atoms with Crippen LogP contribution in [0.3, 0.4) is 0 Å². The molecule has 0 aliphatic carbocycles. The molecule has 3 heterocycles. The number of rotatable bonds is 4. The van der Waals surface area contributed by atoms with E-state index in [1.54, 1.807) is 31.2 Å². The number of hydrogen-bond acceptors (Lipinski definition) is 7. The van der Waals surface area contributed by atoms with E-state index < -0.39 is 12.1 Å². The molecule has 4 rings (SSSR count). The van der Waals surface area contributed by atoms with Crippen molar-refractivity contribution >= 4 is 28.2 Å². The van der Waals surface area contributed by atoms with Crippen molar-refractivity contribution in [2.75, 3.05) is 0 Å². The Labute approximate surface area is 151 Å². The van der Waals surface area contributed by atoms with E-state index in [4.69, 9.17) is 9.15 Å². The third-order valence-corrected chi connectivity index (χ3v) is 4.63. The van der Waals surface area contributed by atoms with Crippen LogP contribution in [0.25, 0.3) is 21.7 Å². The van der Waals surface area contributed by atoms with Crippen molar-refractivity contribution in [3.05, 3.63) is 69.7 Å². The maximum Gasteiger partial charge on any atom is 0.339 e. The van der Waals surface area contributed by atoms with Crippen LogP contribution in [-0.2, 0) is 4.74 Å². The molecule has 4 aromatic rings. The Balaban J connectivity index is 1.60. The fraction of sp³-hybridized carbons (Fsp3) is 0.111. The fourth-order valence-corrected chi connectivity index (χ4v) is 3.19. The van der Waals surface area contributed by atoms with Gasteiger partial charge in [0.2, 0.25) is 5.56 Å². The summed E-state index contributed by atoms with van der Waals surface area (Å²) in [6.45, 7) is 1.64. The zero-order chi connectivity index (χ0) is 18.1. The molecule has 0 aliphatic rings. The van der Waals surface area contributed by atoms with Crippen LogP contribution in [0.5, 0.6) is 0 Å². The second-order valence-electron chi connectivity index (χ2n) is 5.56. The molecule has 0 fully saturated rings. The minimum absolute atomic E-state index is 0.189. The minimum atomic E-state index is -0.748. The smallest absolute Gasteiger partial charge is 0.339 e. The molecule has 0 aliphatic heterocycles. The van der Waals surface area contributed by atoms with Crippen molar-refractivity contribution in [2.24, 2.45) is 0 Å². The summed E-state index contributed by atoms with van der Waals surface area (Å²) < 4.78 is 11.0. The number of aromatic amines is 1. The first-order chi connectivity index (χ1) is 12.6. The van der Waals surface area contributed by atoms with E-state index in [0.717, 1.165) is 4.88 Å². The van der Waals surface area contributed by atoms with Crippen molar-refractivity contribution < 1.29 is 13.9 Å². The highest BCUT2D eigenvalue weighted by molar-refractivity contribution is 7.13. The molecule has 26 heavy (non-hydrogen) atoms. The highest BCUT2D eigenvalue weighted by atomic mass is 32.1. The first-order valence-corrected chi connectivity index (χ1v) is 8.70. The molecule has 130 valence electrons. The maximum absolute atomic E-state index is 12.6. The number of fused-ring (bicyclic) bond motifs is 1. The fourth-order valence-electron chi connectivity index (χ4n) is 2.55. The standard InChI is InChI=1S/C18H13N3O4S/c1-10(16-20-21-17(25-16)14-7-4-8-26-14)24-18(23)12-9-15(22)19-13-6-3-2-5-11(12)13/h2-10H,1H3,(H,19,22)/t10-/m0/s1. The molecule has 0 saturated heterocycles. The van der Waals surface area contributed by atoms with Gasteiger partial charge in [-0.1, -0.05) is 24.3 Å². The van der Waals surface area contributed by atoms with Crippen molar-refractivity contribution in [1.82, 2.24) is 15.2 Å². The van der Waals surface area contributed by atoms with Crippen molar-refractivity contribution in [3.8, 4) is 10.8 Å². The van der Waals surface area contributed by atoms with Gasteiger partial charge in [0, 0.05) is 17.0 Å². The van der Waals surface area contributed by atoms with Crippen LogP contribution in [0, 0.1) is 0 Å². The van der Waals surface area contributed by atoms with Crippen molar-refractivity contribution in [2.45, 2.75) is 13.0 Å². The van der Waals surface area contributed by atoms with Crippen molar-refractivity contribution in [1.29, 1.82) is 0 Å². The third kappa shape index (κ3) is 3.02. The number of hydrogen-bond donors (Lipinski definition) is 1. The summed E-state index contributed by atoms with van der Waals surface area (Å²) in [5, 5.41) is 10.4. The van der Waals surface area contributed by atoms with E-state index in [1.165, 1.54) is 17.4 Å². The first-order valence-electron chi connectivity index (χ1n) is 7.82. The second-order valence-corrected chi connectivity index (χ2v) is 6.51. The lowest BCUT2D eigenvalue weighted by atomic mass is 10.1. The van der Waals surface area contributed by atoms with Crippen LogP contribution in [-0.4, -0.2) is 21.2 Å². The molecule has 0 saturated carbocycles. The number of para-hydroxylation sites is 1. The van der Waals surface area contributed by atoms with Gasteiger partial charge in [-0.2, -0.15) is 0 Å². The number of ether oxygens (including phenoxy) is 1. The van der Waals surface area contributed by atoms with E-state index in [0.29, 0.717) is 16.8 Å². The van der Waals surface area contributed by atoms with Gasteiger partial charge in [-0.25, -0.2) is 4.79 Å². The molecule has 7 nitrogen and oxygen atoms in total. The zero-order valence-corrected chi connectivity index (χ0v) is 14.4. The minimum Gasteiger partial charge on any atom is -0.449 e. The van der Waals surface area contributed by atoms with Crippen LogP contribution < -0.4 is 5.56 Å². The molecule has 0 spiro atoms. The normalized spacial score (nSPS) is 12.2. The van der Waals surface area contributed by atoms with Crippen LogP contribution in [0.1, 0.15) is 29.3 Å². The predicted octanol–water partition coefficient (Wildman–Crippen LogP) is 3.56. The van der Waals surface area contributed by atoms with E-state index >= 15 is 0 Å². The lowest BCUT2D eigenvalue weighted by Gasteiger charge is -2.10. The number of nitrogens with zero attached hydrogens (tertiary/aromatic N) is 2. The molecule has 3 aromatic heterocycles. The molecular weight excluding hydrogens is 354 g/mol.